The molecule has 0 bridgehead atoms. The molecule has 0 aliphatic rings. The van der Waals surface area contributed by atoms with Gasteiger partial charge in [-0.1, -0.05) is 43.2 Å². The van der Waals surface area contributed by atoms with Crippen LogP contribution in [0.25, 0.3) is 0 Å². The molecule has 1 rings (SSSR count). The largest absolute Gasteiger partial charge is 0.481 e. The van der Waals surface area contributed by atoms with Crippen molar-refractivity contribution < 1.29 is 14.6 Å². The van der Waals surface area contributed by atoms with Crippen molar-refractivity contribution in [3.05, 3.63) is 35.9 Å². The van der Waals surface area contributed by atoms with Crippen LogP contribution in [-0.4, -0.2) is 24.8 Å². The molecule has 1 aromatic carbocycles. The monoisotopic (exact) mass is 236 g/mol. The quantitative estimate of drug-likeness (QED) is 0.706. The summed E-state index contributed by atoms with van der Waals surface area (Å²) in [7, 11) is 1.68. The van der Waals surface area contributed by atoms with Gasteiger partial charge in [0.15, 0.2) is 0 Å². The van der Waals surface area contributed by atoms with Gasteiger partial charge in [-0.05, 0) is 18.4 Å². The molecule has 1 N–H and O–H groups in total. The van der Waals surface area contributed by atoms with Crippen LogP contribution in [0.3, 0.4) is 0 Å². The van der Waals surface area contributed by atoms with Gasteiger partial charge in [0.2, 0.25) is 0 Å². The molecule has 3 nitrogen and oxygen atoms in total. The van der Waals surface area contributed by atoms with Crippen molar-refractivity contribution in [2.75, 3.05) is 13.7 Å². The fourth-order valence-electron chi connectivity index (χ4n) is 1.89. The predicted molar refractivity (Wildman–Crippen MR) is 67.2 cm³/mol. The zero-order chi connectivity index (χ0) is 12.5. The minimum atomic E-state index is -0.733. The number of aliphatic carboxylic acids is 1. The van der Waals surface area contributed by atoms with Gasteiger partial charge in [0, 0.05) is 13.7 Å². The fraction of sp³-hybridized carbons (Fsp3) is 0.500. The van der Waals surface area contributed by atoms with Crippen LogP contribution in [0.1, 0.15) is 37.2 Å². The highest BCUT2D eigenvalue weighted by molar-refractivity contribution is 5.75. The Labute approximate surface area is 102 Å². The predicted octanol–water partition coefficient (Wildman–Crippen LogP) is 3.06. The molecular weight excluding hydrogens is 216 g/mol. The number of rotatable bonds is 8. The summed E-state index contributed by atoms with van der Waals surface area (Å²) in [4.78, 5) is 11.2. The van der Waals surface area contributed by atoms with Gasteiger partial charge in [0.25, 0.3) is 0 Å². The first-order chi connectivity index (χ1) is 8.25. The normalized spacial score (nSPS) is 12.3. The summed E-state index contributed by atoms with van der Waals surface area (Å²) in [6, 6.07) is 9.44. The van der Waals surface area contributed by atoms with E-state index in [0.29, 0.717) is 6.42 Å². The first-order valence-corrected chi connectivity index (χ1v) is 6.02. The minimum Gasteiger partial charge on any atom is -0.481 e. The van der Waals surface area contributed by atoms with Crippen LogP contribution in [0.5, 0.6) is 0 Å². The number of unbranched alkanes of at least 4 members (excludes halogenated alkanes) is 2. The zero-order valence-corrected chi connectivity index (χ0v) is 10.3. The van der Waals surface area contributed by atoms with Gasteiger partial charge < -0.3 is 9.84 Å². The highest BCUT2D eigenvalue weighted by Crippen LogP contribution is 2.22. The van der Waals surface area contributed by atoms with Crippen LogP contribution in [0, 0.1) is 0 Å². The highest BCUT2D eigenvalue weighted by atomic mass is 16.5. The van der Waals surface area contributed by atoms with Gasteiger partial charge >= 0.3 is 5.97 Å². The Kier molecular flexibility index (Phi) is 6.33. The summed E-state index contributed by atoms with van der Waals surface area (Å²) >= 11 is 0. The number of carbonyl (C=O) groups is 1. The molecule has 0 aliphatic carbocycles. The van der Waals surface area contributed by atoms with Crippen LogP contribution >= 0.6 is 0 Å². The molecule has 17 heavy (non-hydrogen) atoms. The second-order valence-electron chi connectivity index (χ2n) is 4.14. The van der Waals surface area contributed by atoms with E-state index in [1.807, 2.05) is 30.3 Å². The van der Waals surface area contributed by atoms with E-state index in [9.17, 15) is 9.90 Å². The third kappa shape index (κ3) is 5.00. The summed E-state index contributed by atoms with van der Waals surface area (Å²) in [6.45, 7) is 0.753. The first kappa shape index (κ1) is 13.7. The Morgan fingerprint density at radius 1 is 1.24 bits per heavy atom. The van der Waals surface area contributed by atoms with Crippen LogP contribution in [0.2, 0.25) is 0 Å². The lowest BCUT2D eigenvalue weighted by molar-refractivity contribution is -0.139. The molecule has 0 fully saturated rings. The molecule has 3 heteroatoms. The molecule has 0 amide bonds. The van der Waals surface area contributed by atoms with E-state index in [1.165, 1.54) is 0 Å². The molecule has 1 aromatic rings. The zero-order valence-electron chi connectivity index (χ0n) is 10.3. The van der Waals surface area contributed by atoms with Crippen molar-refractivity contribution in [3.8, 4) is 0 Å². The number of methoxy groups -OCH3 is 1. The number of hydrogen-bond donors (Lipinski definition) is 1. The Morgan fingerprint density at radius 2 is 1.94 bits per heavy atom. The highest BCUT2D eigenvalue weighted by Gasteiger charge is 2.18. The maximum absolute atomic E-state index is 11.2. The topological polar surface area (TPSA) is 46.5 Å². The van der Waals surface area contributed by atoms with Crippen molar-refractivity contribution >= 4 is 5.97 Å². The van der Waals surface area contributed by atoms with Crippen LogP contribution in [-0.2, 0) is 9.53 Å². The summed E-state index contributed by atoms with van der Waals surface area (Å²) < 4.78 is 4.96. The number of hydrogen-bond acceptors (Lipinski definition) is 2. The Morgan fingerprint density at radius 3 is 2.53 bits per heavy atom. The maximum atomic E-state index is 11.2. The summed E-state index contributed by atoms with van der Waals surface area (Å²) in [5.74, 6) is -1.11. The van der Waals surface area contributed by atoms with E-state index in [0.717, 1.165) is 31.4 Å². The number of benzene rings is 1. The van der Waals surface area contributed by atoms with Crippen LogP contribution < -0.4 is 0 Å². The Hall–Kier alpha value is -1.35. The van der Waals surface area contributed by atoms with E-state index in [1.54, 1.807) is 7.11 Å². The third-order valence-corrected chi connectivity index (χ3v) is 2.84. The second-order valence-corrected chi connectivity index (χ2v) is 4.14. The van der Waals surface area contributed by atoms with Crippen LogP contribution in [0.15, 0.2) is 30.3 Å². The molecule has 94 valence electrons. The molecule has 0 heterocycles. The van der Waals surface area contributed by atoms with Crippen molar-refractivity contribution in [3.63, 3.8) is 0 Å². The van der Waals surface area contributed by atoms with Crippen molar-refractivity contribution in [1.29, 1.82) is 0 Å². The smallest absolute Gasteiger partial charge is 0.310 e. The van der Waals surface area contributed by atoms with Gasteiger partial charge in [-0.25, -0.2) is 0 Å². The molecule has 1 atom stereocenters. The third-order valence-electron chi connectivity index (χ3n) is 2.84. The van der Waals surface area contributed by atoms with E-state index in [4.69, 9.17) is 4.74 Å². The van der Waals surface area contributed by atoms with E-state index in [-0.39, 0.29) is 5.92 Å². The lowest BCUT2D eigenvalue weighted by Crippen LogP contribution is -2.11. The van der Waals surface area contributed by atoms with Gasteiger partial charge in [0.05, 0.1) is 5.92 Å². The number of carboxylic acids is 1. The molecule has 0 spiro atoms. The van der Waals surface area contributed by atoms with Gasteiger partial charge in [-0.2, -0.15) is 0 Å². The number of ether oxygens (including phenoxy) is 1. The minimum absolute atomic E-state index is 0.376. The first-order valence-electron chi connectivity index (χ1n) is 6.02. The standard InChI is InChI=1S/C14H20O3/c1-17-11-7-3-6-10-13(14(15)16)12-8-4-2-5-9-12/h2,4-5,8-9,13H,3,6-7,10-11H2,1H3,(H,15,16). The van der Waals surface area contributed by atoms with Crippen molar-refractivity contribution in [2.24, 2.45) is 0 Å². The molecule has 0 saturated heterocycles. The van der Waals surface area contributed by atoms with Gasteiger partial charge in [-0.3, -0.25) is 4.79 Å². The van der Waals surface area contributed by atoms with E-state index >= 15 is 0 Å². The Balaban J connectivity index is 2.42. The Bertz CT molecular complexity index is 321. The van der Waals surface area contributed by atoms with Gasteiger partial charge in [0.1, 0.15) is 0 Å². The summed E-state index contributed by atoms with van der Waals surface area (Å²) in [6.07, 6.45) is 3.64. The van der Waals surface area contributed by atoms with Crippen LogP contribution in [0.4, 0.5) is 0 Å². The average molecular weight is 236 g/mol. The average Bonchev–Trinajstić information content (AvgIpc) is 2.34. The summed E-state index contributed by atoms with van der Waals surface area (Å²) in [5, 5.41) is 9.20. The van der Waals surface area contributed by atoms with E-state index < -0.39 is 5.97 Å². The molecule has 0 saturated carbocycles. The molecule has 0 aliphatic heterocycles. The van der Waals surface area contributed by atoms with Gasteiger partial charge in [-0.15, -0.1) is 0 Å². The second kappa shape index (κ2) is 7.85. The summed E-state index contributed by atoms with van der Waals surface area (Å²) in [5.41, 5.74) is 0.895. The van der Waals surface area contributed by atoms with Crippen molar-refractivity contribution in [1.82, 2.24) is 0 Å². The maximum Gasteiger partial charge on any atom is 0.310 e. The lowest BCUT2D eigenvalue weighted by Gasteiger charge is -2.12. The fourth-order valence-corrected chi connectivity index (χ4v) is 1.89. The van der Waals surface area contributed by atoms with Crippen molar-refractivity contribution in [2.45, 2.75) is 31.6 Å². The molecule has 0 radical (unpaired) electrons. The van der Waals surface area contributed by atoms with E-state index in [2.05, 4.69) is 0 Å². The molecule has 1 unspecified atom stereocenters. The molecule has 0 aromatic heterocycles. The number of carboxylic acid groups (broad SMARTS) is 1. The SMILES string of the molecule is COCCCCCC(C(=O)O)c1ccccc1. The lowest BCUT2D eigenvalue weighted by atomic mass is 9.93. The molecular formula is C14H20O3.